The molecule has 0 N–H and O–H groups in total. The van der Waals surface area contributed by atoms with Gasteiger partial charge in [-0.05, 0) is 31.3 Å². The van der Waals surface area contributed by atoms with Gasteiger partial charge in [0, 0.05) is 24.5 Å². The molecule has 2 heterocycles. The monoisotopic (exact) mass is 493 g/mol. The maximum atomic E-state index is 14.2. The number of para-hydroxylation sites is 1. The van der Waals surface area contributed by atoms with Gasteiger partial charge in [-0.2, -0.15) is 0 Å². The molecule has 0 saturated carbocycles. The number of likely N-dealkylation sites (N-methyl/N-ethyl adjacent to an activating group) is 1. The van der Waals surface area contributed by atoms with Gasteiger partial charge in [0.1, 0.15) is 22.5 Å². The van der Waals surface area contributed by atoms with Crippen LogP contribution in [0, 0.1) is 11.6 Å². The van der Waals surface area contributed by atoms with Crippen molar-refractivity contribution in [2.24, 2.45) is 0 Å². The molecule has 0 saturated heterocycles. The largest absolute Gasteiger partial charge is 0.422 e. The lowest BCUT2D eigenvalue weighted by atomic mass is 10.1. The van der Waals surface area contributed by atoms with Crippen molar-refractivity contribution in [1.82, 2.24) is 9.88 Å². The number of aromatic nitrogens is 1. The fraction of sp³-hybridized carbons (Fsp3) is 0.261. The zero-order valence-electron chi connectivity index (χ0n) is 18.0. The Morgan fingerprint density at radius 1 is 1.09 bits per heavy atom. The molecule has 1 amide bonds. The molecule has 0 aliphatic rings. The number of anilines is 1. The number of carbonyl (C=O) groups excluding carboxylic acids is 1. The van der Waals surface area contributed by atoms with Crippen molar-refractivity contribution < 1.29 is 18.0 Å². The van der Waals surface area contributed by atoms with Crippen molar-refractivity contribution in [3.05, 3.63) is 70.1 Å². The predicted molar refractivity (Wildman–Crippen MR) is 129 cm³/mol. The van der Waals surface area contributed by atoms with Crippen molar-refractivity contribution in [3.8, 4) is 0 Å². The highest BCUT2D eigenvalue weighted by Crippen LogP contribution is 2.32. The second kappa shape index (κ2) is 10.4. The Morgan fingerprint density at radius 2 is 1.82 bits per heavy atom. The van der Waals surface area contributed by atoms with Gasteiger partial charge in [-0.1, -0.05) is 43.4 Å². The molecule has 0 unspecified atom stereocenters. The molecule has 0 fully saturated rings. The van der Waals surface area contributed by atoms with Gasteiger partial charge in [-0.25, -0.2) is 18.6 Å². The van der Waals surface area contributed by atoms with Crippen LogP contribution < -0.4 is 10.5 Å². The Labute approximate surface area is 198 Å². The molecule has 4 rings (SSSR count). The molecule has 0 bridgehead atoms. The van der Waals surface area contributed by atoms with Gasteiger partial charge in [0.2, 0.25) is 0 Å². The summed E-state index contributed by atoms with van der Waals surface area (Å²) in [6.45, 7) is 6.29. The number of amides is 1. The molecule has 0 aliphatic carbocycles. The van der Waals surface area contributed by atoms with Gasteiger partial charge in [0.25, 0.3) is 5.91 Å². The van der Waals surface area contributed by atoms with Crippen molar-refractivity contribution in [2.45, 2.75) is 13.8 Å². The number of nitrogens with zero attached hydrogens (tertiary/aromatic N) is 3. The average Bonchev–Trinajstić information content (AvgIpc) is 3.20. The molecule has 174 valence electrons. The van der Waals surface area contributed by atoms with Crippen LogP contribution in [0.3, 0.4) is 0 Å². The molecule has 6 nitrogen and oxygen atoms in total. The van der Waals surface area contributed by atoms with Crippen LogP contribution in [-0.4, -0.2) is 42.0 Å². The number of benzene rings is 2. The molecule has 2 aromatic carbocycles. The summed E-state index contributed by atoms with van der Waals surface area (Å²) in [7, 11) is 0. The number of hydrogen-bond acceptors (Lipinski definition) is 6. The van der Waals surface area contributed by atoms with Crippen molar-refractivity contribution >= 4 is 56.0 Å². The summed E-state index contributed by atoms with van der Waals surface area (Å²) in [5.41, 5.74) is -0.548. The third kappa shape index (κ3) is 5.05. The second-order valence-corrected chi connectivity index (χ2v) is 8.21. The van der Waals surface area contributed by atoms with E-state index in [1.165, 1.54) is 17.0 Å². The minimum absolute atomic E-state index is 0. The lowest BCUT2D eigenvalue weighted by molar-refractivity contribution is 0.0980. The summed E-state index contributed by atoms with van der Waals surface area (Å²) < 4.78 is 33.5. The highest BCUT2D eigenvalue weighted by atomic mass is 35.5. The number of fused-ring (bicyclic) bond motifs is 2. The van der Waals surface area contributed by atoms with Gasteiger partial charge in [0.05, 0.1) is 4.70 Å². The van der Waals surface area contributed by atoms with E-state index in [1.54, 1.807) is 24.3 Å². The molecule has 0 aliphatic heterocycles. The van der Waals surface area contributed by atoms with E-state index < -0.39 is 23.2 Å². The first-order chi connectivity index (χ1) is 15.4. The Balaban J connectivity index is 0.00000306. The zero-order valence-corrected chi connectivity index (χ0v) is 19.6. The van der Waals surface area contributed by atoms with E-state index in [4.69, 9.17) is 4.42 Å². The van der Waals surface area contributed by atoms with E-state index in [-0.39, 0.29) is 39.9 Å². The molecular formula is C23H22ClF2N3O3S. The molecule has 0 spiro atoms. The van der Waals surface area contributed by atoms with Crippen LogP contribution in [0.25, 0.3) is 21.2 Å². The van der Waals surface area contributed by atoms with Crippen LogP contribution in [-0.2, 0) is 0 Å². The third-order valence-electron chi connectivity index (χ3n) is 5.28. The molecule has 33 heavy (non-hydrogen) atoms. The first-order valence-electron chi connectivity index (χ1n) is 10.2. The van der Waals surface area contributed by atoms with Crippen LogP contribution in [0.5, 0.6) is 0 Å². The zero-order chi connectivity index (χ0) is 22.8. The molecule has 0 atom stereocenters. The molecule has 10 heteroatoms. The van der Waals surface area contributed by atoms with Crippen molar-refractivity contribution in [2.75, 3.05) is 31.1 Å². The highest BCUT2D eigenvalue weighted by molar-refractivity contribution is 7.22. The normalized spacial score (nSPS) is 11.2. The molecule has 0 radical (unpaired) electrons. The Kier molecular flexibility index (Phi) is 7.78. The van der Waals surface area contributed by atoms with Gasteiger partial charge in [0.15, 0.2) is 10.9 Å². The molecule has 4 aromatic rings. The molecule has 2 aromatic heterocycles. The fourth-order valence-electron chi connectivity index (χ4n) is 3.48. The van der Waals surface area contributed by atoms with E-state index in [2.05, 4.69) is 9.88 Å². The summed E-state index contributed by atoms with van der Waals surface area (Å²) in [5.74, 6) is -2.12. The van der Waals surface area contributed by atoms with Crippen LogP contribution in [0.2, 0.25) is 0 Å². The number of carbonyl (C=O) groups is 1. The van der Waals surface area contributed by atoms with Crippen molar-refractivity contribution in [1.29, 1.82) is 0 Å². The van der Waals surface area contributed by atoms with Crippen molar-refractivity contribution in [3.63, 3.8) is 0 Å². The average molecular weight is 494 g/mol. The number of hydrogen-bond donors (Lipinski definition) is 0. The first kappa shape index (κ1) is 24.8. The van der Waals surface area contributed by atoms with E-state index >= 15 is 0 Å². The van der Waals surface area contributed by atoms with E-state index in [0.717, 1.165) is 30.5 Å². The molecular weight excluding hydrogens is 472 g/mol. The van der Waals surface area contributed by atoms with E-state index in [1.807, 2.05) is 13.8 Å². The third-order valence-corrected chi connectivity index (χ3v) is 6.31. The maximum absolute atomic E-state index is 14.2. The van der Waals surface area contributed by atoms with Crippen LogP contribution in [0.4, 0.5) is 13.9 Å². The lowest BCUT2D eigenvalue weighted by Crippen LogP contribution is -2.40. The summed E-state index contributed by atoms with van der Waals surface area (Å²) in [4.78, 5) is 33.7. The highest BCUT2D eigenvalue weighted by Gasteiger charge is 2.26. The minimum atomic E-state index is -0.802. The van der Waals surface area contributed by atoms with E-state index in [9.17, 15) is 18.4 Å². The quantitative estimate of drug-likeness (QED) is 0.335. The summed E-state index contributed by atoms with van der Waals surface area (Å²) in [6.07, 6.45) is 0. The SMILES string of the molecule is CCN(CC)CCN(C(=O)c1cc2ccccc2oc1=O)c1nc2c(F)cc(F)cc2s1.Cl. The summed E-state index contributed by atoms with van der Waals surface area (Å²) in [6, 6.07) is 10.3. The summed E-state index contributed by atoms with van der Waals surface area (Å²) >= 11 is 0.996. The Bertz CT molecular complexity index is 1350. The first-order valence-corrected chi connectivity index (χ1v) is 11.1. The Morgan fingerprint density at radius 3 is 2.55 bits per heavy atom. The van der Waals surface area contributed by atoms with Gasteiger partial charge in [-0.3, -0.25) is 9.69 Å². The summed E-state index contributed by atoms with van der Waals surface area (Å²) in [5, 5.41) is 0.797. The van der Waals surface area contributed by atoms with Crippen LogP contribution in [0.15, 0.2) is 51.7 Å². The predicted octanol–water partition coefficient (Wildman–Crippen LogP) is 5.09. The maximum Gasteiger partial charge on any atom is 0.349 e. The van der Waals surface area contributed by atoms with Gasteiger partial charge < -0.3 is 9.32 Å². The Hall–Kier alpha value is -2.88. The van der Waals surface area contributed by atoms with E-state index in [0.29, 0.717) is 17.5 Å². The topological polar surface area (TPSA) is 66.7 Å². The number of thiazole rings is 1. The minimum Gasteiger partial charge on any atom is -0.422 e. The van der Waals surface area contributed by atoms with Gasteiger partial charge >= 0.3 is 5.63 Å². The standard InChI is InChI=1S/C23H21F2N3O3S.ClH/c1-3-27(4-2)9-10-28(23-26-20-17(25)12-15(24)13-19(20)32-23)21(29)16-11-14-7-5-6-8-18(14)31-22(16)30;/h5-8,11-13H,3-4,9-10H2,1-2H3;1H. The number of rotatable bonds is 7. The lowest BCUT2D eigenvalue weighted by Gasteiger charge is -2.24. The smallest absolute Gasteiger partial charge is 0.349 e. The van der Waals surface area contributed by atoms with Crippen LogP contribution in [0.1, 0.15) is 24.2 Å². The second-order valence-electron chi connectivity index (χ2n) is 7.20. The van der Waals surface area contributed by atoms with Gasteiger partial charge in [-0.15, -0.1) is 12.4 Å². The van der Waals surface area contributed by atoms with Crippen LogP contribution >= 0.6 is 23.7 Å². The fourth-order valence-corrected chi connectivity index (χ4v) is 4.51. The number of halogens is 3.